The predicted octanol–water partition coefficient (Wildman–Crippen LogP) is 1.12. The molecule has 2 bridgehead atoms. The minimum atomic E-state index is -1.53. The van der Waals surface area contributed by atoms with E-state index in [0.29, 0.717) is 12.2 Å². The van der Waals surface area contributed by atoms with Crippen LogP contribution in [0.2, 0.25) is 0 Å². The van der Waals surface area contributed by atoms with E-state index in [0.717, 1.165) is 12.1 Å². The summed E-state index contributed by atoms with van der Waals surface area (Å²) in [5.41, 5.74) is -0.297. The molecule has 2 heterocycles. The molecule has 0 radical (unpaired) electrons. The number of carbonyl (C=O) groups is 3. The number of aliphatic hydroxyl groups excluding tert-OH is 1. The van der Waals surface area contributed by atoms with Crippen LogP contribution in [0.3, 0.4) is 0 Å². The van der Waals surface area contributed by atoms with Crippen LogP contribution in [0.15, 0.2) is 48.7 Å². The molecule has 2 rings (SSSR count). The Morgan fingerprint density at radius 3 is 2.76 bits per heavy atom. The molecular formula is C22H27FN4O5S. The average molecular weight is 479 g/mol. The van der Waals surface area contributed by atoms with Crippen molar-refractivity contribution in [3.8, 4) is 0 Å². The SMILES string of the molecule is C=C[C@@H]1NC(=O)/C(=C/C)NC(=O)c2cc(F)cc(n2)CNC(=O)C[C@@H](/C=C/CCS)OC1O. The van der Waals surface area contributed by atoms with Crippen LogP contribution in [0.1, 0.15) is 35.9 Å². The first-order valence-corrected chi connectivity index (χ1v) is 10.9. The van der Waals surface area contributed by atoms with Crippen LogP contribution in [0.4, 0.5) is 4.39 Å². The normalized spacial score (nSPS) is 24.3. The number of aromatic nitrogens is 1. The molecule has 178 valence electrons. The molecule has 9 nitrogen and oxygen atoms in total. The summed E-state index contributed by atoms with van der Waals surface area (Å²) in [7, 11) is 0. The van der Waals surface area contributed by atoms with Gasteiger partial charge in [-0.1, -0.05) is 24.3 Å². The van der Waals surface area contributed by atoms with Gasteiger partial charge in [0.15, 0.2) is 6.29 Å². The molecule has 0 spiro atoms. The fourth-order valence-electron chi connectivity index (χ4n) is 2.87. The highest BCUT2D eigenvalue weighted by Crippen LogP contribution is 2.11. The number of allylic oxidation sites excluding steroid dienone is 2. The maximum absolute atomic E-state index is 14.0. The Bertz CT molecular complexity index is 953. The van der Waals surface area contributed by atoms with E-state index < -0.39 is 42.0 Å². The first-order valence-electron chi connectivity index (χ1n) is 10.2. The number of fused-ring (bicyclic) bond motifs is 2. The van der Waals surface area contributed by atoms with Crippen molar-refractivity contribution in [3.05, 3.63) is 65.9 Å². The van der Waals surface area contributed by atoms with Crippen molar-refractivity contribution in [2.45, 2.75) is 44.7 Å². The van der Waals surface area contributed by atoms with E-state index in [2.05, 4.69) is 40.1 Å². The number of thiol groups is 1. The lowest BCUT2D eigenvalue weighted by atomic mass is 10.2. The van der Waals surface area contributed by atoms with Gasteiger partial charge in [0.2, 0.25) is 5.91 Å². The molecule has 3 amide bonds. The number of carbonyl (C=O) groups excluding carboxylic acids is 3. The van der Waals surface area contributed by atoms with Gasteiger partial charge in [0, 0.05) is 6.07 Å². The highest BCUT2D eigenvalue weighted by atomic mass is 32.1. The number of nitrogens with zero attached hydrogens (tertiary/aromatic N) is 1. The molecule has 0 fully saturated rings. The quantitative estimate of drug-likeness (QED) is 0.251. The third-order valence-corrected chi connectivity index (χ3v) is 4.79. The van der Waals surface area contributed by atoms with Gasteiger partial charge >= 0.3 is 0 Å². The summed E-state index contributed by atoms with van der Waals surface area (Å²) in [6, 6.07) is 0.948. The predicted molar refractivity (Wildman–Crippen MR) is 122 cm³/mol. The number of halogens is 1. The van der Waals surface area contributed by atoms with Crippen LogP contribution in [-0.4, -0.2) is 52.0 Å². The van der Waals surface area contributed by atoms with Gasteiger partial charge in [-0.05, 0) is 25.2 Å². The highest BCUT2D eigenvalue weighted by molar-refractivity contribution is 7.80. The second-order valence-electron chi connectivity index (χ2n) is 7.04. The Morgan fingerprint density at radius 1 is 1.33 bits per heavy atom. The molecule has 1 aliphatic rings. The molecule has 3 atom stereocenters. The third-order valence-electron chi connectivity index (χ3n) is 4.53. The first kappa shape index (κ1) is 26.2. The standard InChI is InChI=1S/C22H27FN4O5S/c1-3-16-20(29)27-17(4-2)22(31)32-15(7-5-6-8-33)11-19(28)24-12-14-9-13(23)10-18(25-14)21(30)26-16/h3-5,7,9-10,15,17,22,31,33H,2,6,8,11-12H2,1H3,(H,24,28)(H,26,30)(H,27,29)/b7-5+,16-3-/t15-,17+,22?/m1/s1. The summed E-state index contributed by atoms with van der Waals surface area (Å²) in [4.78, 5) is 41.7. The summed E-state index contributed by atoms with van der Waals surface area (Å²) in [6.45, 7) is 4.96. The smallest absolute Gasteiger partial charge is 0.274 e. The van der Waals surface area contributed by atoms with E-state index in [1.165, 1.54) is 19.1 Å². The van der Waals surface area contributed by atoms with E-state index in [9.17, 15) is 23.9 Å². The Labute approximate surface area is 196 Å². The summed E-state index contributed by atoms with van der Waals surface area (Å²) in [5, 5.41) is 18.0. The fraction of sp³-hybridized carbons (Fsp3) is 0.364. The van der Waals surface area contributed by atoms with Crippen molar-refractivity contribution >= 4 is 30.4 Å². The van der Waals surface area contributed by atoms with Gasteiger partial charge in [0.25, 0.3) is 11.8 Å². The van der Waals surface area contributed by atoms with E-state index in [-0.39, 0.29) is 30.1 Å². The van der Waals surface area contributed by atoms with Crippen LogP contribution in [0.5, 0.6) is 0 Å². The number of ether oxygens (including phenoxy) is 1. The van der Waals surface area contributed by atoms with Gasteiger partial charge in [-0.25, -0.2) is 9.37 Å². The van der Waals surface area contributed by atoms with Crippen molar-refractivity contribution in [2.75, 3.05) is 5.75 Å². The van der Waals surface area contributed by atoms with Gasteiger partial charge in [-0.2, -0.15) is 12.6 Å². The zero-order valence-electron chi connectivity index (χ0n) is 18.1. The number of hydrogen-bond acceptors (Lipinski definition) is 7. The second-order valence-corrected chi connectivity index (χ2v) is 7.49. The molecule has 0 aromatic carbocycles. The molecular weight excluding hydrogens is 451 g/mol. The Hall–Kier alpha value is -3.02. The summed E-state index contributed by atoms with van der Waals surface area (Å²) in [5.74, 6) is -2.16. The number of nitrogens with one attached hydrogen (secondary N) is 3. The molecule has 0 saturated heterocycles. The van der Waals surface area contributed by atoms with Crippen molar-refractivity contribution in [2.24, 2.45) is 0 Å². The van der Waals surface area contributed by atoms with Crippen molar-refractivity contribution in [3.63, 3.8) is 0 Å². The molecule has 1 unspecified atom stereocenters. The minimum absolute atomic E-state index is 0.113. The number of hydrogen-bond donors (Lipinski definition) is 5. The lowest BCUT2D eigenvalue weighted by Gasteiger charge is -2.25. The highest BCUT2D eigenvalue weighted by Gasteiger charge is 2.25. The van der Waals surface area contributed by atoms with Crippen LogP contribution >= 0.6 is 12.6 Å². The molecule has 4 N–H and O–H groups in total. The zero-order valence-corrected chi connectivity index (χ0v) is 19.0. The topological polar surface area (TPSA) is 130 Å². The van der Waals surface area contributed by atoms with Gasteiger partial charge in [-0.15, -0.1) is 6.58 Å². The number of amides is 3. The largest absolute Gasteiger partial charge is 0.366 e. The van der Waals surface area contributed by atoms with E-state index in [1.807, 2.05) is 0 Å². The number of aliphatic hydroxyl groups is 1. The van der Waals surface area contributed by atoms with Crippen molar-refractivity contribution in [1.29, 1.82) is 0 Å². The summed E-state index contributed by atoms with van der Waals surface area (Å²) < 4.78 is 19.6. The minimum Gasteiger partial charge on any atom is -0.366 e. The van der Waals surface area contributed by atoms with Crippen LogP contribution in [0.25, 0.3) is 0 Å². The molecule has 1 aromatic heterocycles. The Kier molecular flexibility index (Phi) is 10.2. The van der Waals surface area contributed by atoms with Gasteiger partial charge in [0.05, 0.1) is 30.8 Å². The number of rotatable bonds is 4. The Morgan fingerprint density at radius 2 is 2.09 bits per heavy atom. The lowest BCUT2D eigenvalue weighted by molar-refractivity contribution is -0.147. The monoisotopic (exact) mass is 478 g/mol. The molecule has 1 aliphatic heterocycles. The molecule has 1 aromatic rings. The molecule has 11 heteroatoms. The fourth-order valence-corrected chi connectivity index (χ4v) is 3.02. The van der Waals surface area contributed by atoms with Gasteiger partial charge < -0.3 is 25.8 Å². The van der Waals surface area contributed by atoms with Crippen molar-refractivity contribution in [1.82, 2.24) is 20.9 Å². The summed E-state index contributed by atoms with van der Waals surface area (Å²) >= 11 is 4.12. The van der Waals surface area contributed by atoms with Gasteiger partial charge in [0.1, 0.15) is 17.2 Å². The molecule has 33 heavy (non-hydrogen) atoms. The van der Waals surface area contributed by atoms with Crippen LogP contribution < -0.4 is 16.0 Å². The zero-order chi connectivity index (χ0) is 24.4. The number of pyridine rings is 1. The lowest BCUT2D eigenvalue weighted by Crippen LogP contribution is -2.47. The summed E-state index contributed by atoms with van der Waals surface area (Å²) in [6.07, 6.45) is 4.05. The van der Waals surface area contributed by atoms with Gasteiger partial charge in [-0.3, -0.25) is 14.4 Å². The second kappa shape index (κ2) is 12.9. The van der Waals surface area contributed by atoms with Crippen molar-refractivity contribution < 1.29 is 28.6 Å². The Balaban J connectivity index is 2.39. The maximum Gasteiger partial charge on any atom is 0.274 e. The van der Waals surface area contributed by atoms with Crippen LogP contribution in [0, 0.1) is 5.82 Å². The van der Waals surface area contributed by atoms with E-state index in [4.69, 9.17) is 4.74 Å². The third kappa shape index (κ3) is 8.12. The molecule has 0 saturated carbocycles. The first-order chi connectivity index (χ1) is 15.8. The van der Waals surface area contributed by atoms with E-state index in [1.54, 1.807) is 12.2 Å². The molecule has 0 aliphatic carbocycles. The van der Waals surface area contributed by atoms with E-state index >= 15 is 0 Å². The van der Waals surface area contributed by atoms with Crippen LogP contribution in [-0.2, 0) is 20.9 Å². The maximum atomic E-state index is 14.0. The average Bonchev–Trinajstić information content (AvgIpc) is 2.78.